The molecule has 0 aliphatic carbocycles. The summed E-state index contributed by atoms with van der Waals surface area (Å²) in [7, 11) is 0. The van der Waals surface area contributed by atoms with Crippen LogP contribution in [0.2, 0.25) is 0 Å². The van der Waals surface area contributed by atoms with Crippen LogP contribution in [-0.2, 0) is 0 Å². The molecule has 0 unspecified atom stereocenters. The first-order valence-corrected chi connectivity index (χ1v) is 10.1. The van der Waals surface area contributed by atoms with Crippen molar-refractivity contribution in [2.24, 2.45) is 5.92 Å². The molecule has 0 aromatic carbocycles. The molecule has 0 nitrogen and oxygen atoms in total. The third kappa shape index (κ3) is 20.0. The zero-order chi connectivity index (χ0) is 15.6. The van der Waals surface area contributed by atoms with Gasteiger partial charge in [-0.3, -0.25) is 0 Å². The highest BCUT2D eigenvalue weighted by atomic mass is 14.0. The van der Waals surface area contributed by atoms with Crippen LogP contribution in [0.1, 0.15) is 124 Å². The Labute approximate surface area is 136 Å². The Balaban J connectivity index is 2.93. The Morgan fingerprint density at radius 1 is 0.571 bits per heavy atom. The van der Waals surface area contributed by atoms with Crippen LogP contribution < -0.4 is 0 Å². The molecule has 0 rings (SSSR count). The van der Waals surface area contributed by atoms with Gasteiger partial charge in [0.15, 0.2) is 0 Å². The maximum atomic E-state index is 2.54. The van der Waals surface area contributed by atoms with Crippen molar-refractivity contribution in [3.63, 3.8) is 0 Å². The van der Waals surface area contributed by atoms with E-state index in [1.165, 1.54) is 103 Å². The fourth-order valence-corrected chi connectivity index (χ4v) is 2.94. The van der Waals surface area contributed by atoms with Gasteiger partial charge in [0.25, 0.3) is 0 Å². The van der Waals surface area contributed by atoms with E-state index >= 15 is 0 Å². The molecule has 0 saturated carbocycles. The van der Waals surface area contributed by atoms with E-state index in [-0.39, 0.29) is 0 Å². The number of hydrogen-bond acceptors (Lipinski definition) is 0. The second kappa shape index (κ2) is 18.1. The number of unbranched alkanes of at least 4 members (excludes halogenated alkanes) is 15. The summed E-state index contributed by atoms with van der Waals surface area (Å²) < 4.78 is 0. The van der Waals surface area contributed by atoms with Gasteiger partial charge in [-0.05, 0) is 12.3 Å². The van der Waals surface area contributed by atoms with Gasteiger partial charge in [0.2, 0.25) is 0 Å². The first-order valence-electron chi connectivity index (χ1n) is 10.1. The Bertz CT molecular complexity index is 171. The fourth-order valence-electron chi connectivity index (χ4n) is 2.94. The fraction of sp³-hybridized carbons (Fsp3) is 0.952. The lowest BCUT2D eigenvalue weighted by Crippen LogP contribution is -1.87. The highest BCUT2D eigenvalue weighted by Crippen LogP contribution is 2.14. The van der Waals surface area contributed by atoms with Crippen molar-refractivity contribution in [3.8, 4) is 0 Å². The molecule has 0 aromatic rings. The highest BCUT2D eigenvalue weighted by molar-refractivity contribution is 4.64. The zero-order valence-electron chi connectivity index (χ0n) is 15.5. The van der Waals surface area contributed by atoms with Crippen molar-refractivity contribution in [2.45, 2.75) is 124 Å². The van der Waals surface area contributed by atoms with Crippen LogP contribution in [0.5, 0.6) is 0 Å². The topological polar surface area (TPSA) is 0 Å². The second-order valence-electron chi connectivity index (χ2n) is 7.29. The normalized spacial score (nSPS) is 11.4. The highest BCUT2D eigenvalue weighted by Gasteiger charge is 1.96. The predicted octanol–water partition coefficient (Wildman–Crippen LogP) is 8.11. The van der Waals surface area contributed by atoms with Crippen molar-refractivity contribution in [1.29, 1.82) is 0 Å². The molecule has 0 aliphatic rings. The number of rotatable bonds is 17. The first-order chi connectivity index (χ1) is 10.3. The largest absolute Gasteiger partial charge is 0.0654 e. The summed E-state index contributed by atoms with van der Waals surface area (Å²) >= 11 is 0. The monoisotopic (exact) mass is 295 g/mol. The third-order valence-corrected chi connectivity index (χ3v) is 4.45. The van der Waals surface area contributed by atoms with Crippen LogP contribution >= 0.6 is 0 Å². The van der Waals surface area contributed by atoms with Crippen molar-refractivity contribution >= 4 is 0 Å². The van der Waals surface area contributed by atoms with E-state index in [2.05, 4.69) is 27.2 Å². The average Bonchev–Trinajstić information content (AvgIpc) is 2.46. The molecule has 0 atom stereocenters. The number of hydrogen-bond donors (Lipinski definition) is 0. The molecule has 0 N–H and O–H groups in total. The smallest absolute Gasteiger partial charge is 0.0386 e. The van der Waals surface area contributed by atoms with E-state index in [0.29, 0.717) is 0 Å². The predicted molar refractivity (Wildman–Crippen MR) is 98.7 cm³/mol. The Kier molecular flexibility index (Phi) is 18.1. The van der Waals surface area contributed by atoms with E-state index in [0.717, 1.165) is 5.92 Å². The van der Waals surface area contributed by atoms with Crippen molar-refractivity contribution in [1.82, 2.24) is 0 Å². The minimum atomic E-state index is 0.896. The molecule has 0 bridgehead atoms. The van der Waals surface area contributed by atoms with E-state index in [1.807, 2.05) is 0 Å². The maximum Gasteiger partial charge on any atom is -0.0386 e. The standard InChI is InChI=1S/C21H43/c1-4-5-6-7-8-9-10-11-12-13-14-15-16-17-18-19-20-21(2)3/h10,21H,4-9,11-20H2,1-3H3. The molecule has 0 fully saturated rings. The van der Waals surface area contributed by atoms with Gasteiger partial charge in [-0.2, -0.15) is 0 Å². The van der Waals surface area contributed by atoms with Crippen LogP contribution in [0.4, 0.5) is 0 Å². The van der Waals surface area contributed by atoms with E-state index in [1.54, 1.807) is 0 Å². The molecular weight excluding hydrogens is 252 g/mol. The molecule has 0 heterocycles. The summed E-state index contributed by atoms with van der Waals surface area (Å²) in [5, 5.41) is 0. The van der Waals surface area contributed by atoms with Crippen LogP contribution in [-0.4, -0.2) is 0 Å². The Hall–Kier alpha value is 0. The van der Waals surface area contributed by atoms with E-state index < -0.39 is 0 Å². The zero-order valence-corrected chi connectivity index (χ0v) is 15.5. The second-order valence-corrected chi connectivity index (χ2v) is 7.29. The molecule has 21 heavy (non-hydrogen) atoms. The molecule has 0 aromatic heterocycles. The summed E-state index contributed by atoms with van der Waals surface area (Å²) in [5.74, 6) is 0.896. The van der Waals surface area contributed by atoms with Crippen molar-refractivity contribution in [3.05, 3.63) is 6.42 Å². The lowest BCUT2D eigenvalue weighted by molar-refractivity contribution is 0.506. The average molecular weight is 296 g/mol. The molecule has 0 heteroatoms. The minimum absolute atomic E-state index is 0.896. The lowest BCUT2D eigenvalue weighted by atomic mass is 10.0. The maximum absolute atomic E-state index is 2.54. The first kappa shape index (κ1) is 21.0. The molecule has 0 spiro atoms. The van der Waals surface area contributed by atoms with Crippen molar-refractivity contribution in [2.75, 3.05) is 0 Å². The molecule has 1 radical (unpaired) electrons. The summed E-state index contributed by atoms with van der Waals surface area (Å²) in [6.07, 6.45) is 25.5. The molecule has 0 amide bonds. The molecule has 0 aliphatic heterocycles. The lowest BCUT2D eigenvalue weighted by Gasteiger charge is -2.05. The van der Waals surface area contributed by atoms with Crippen LogP contribution in [0, 0.1) is 12.3 Å². The minimum Gasteiger partial charge on any atom is -0.0654 e. The Morgan fingerprint density at radius 3 is 1.48 bits per heavy atom. The van der Waals surface area contributed by atoms with Gasteiger partial charge in [-0.25, -0.2) is 0 Å². The van der Waals surface area contributed by atoms with Gasteiger partial charge in [-0.1, -0.05) is 124 Å². The third-order valence-electron chi connectivity index (χ3n) is 4.45. The van der Waals surface area contributed by atoms with Gasteiger partial charge < -0.3 is 0 Å². The van der Waals surface area contributed by atoms with E-state index in [9.17, 15) is 0 Å². The van der Waals surface area contributed by atoms with Crippen LogP contribution in [0.25, 0.3) is 0 Å². The van der Waals surface area contributed by atoms with Gasteiger partial charge in [-0.15, -0.1) is 0 Å². The summed E-state index contributed by atoms with van der Waals surface area (Å²) in [5.41, 5.74) is 0. The SMILES string of the molecule is CCCCCCC[CH]CCCCCCCCCCC(C)C. The summed E-state index contributed by atoms with van der Waals surface area (Å²) in [4.78, 5) is 0. The van der Waals surface area contributed by atoms with Crippen LogP contribution in [0.15, 0.2) is 0 Å². The van der Waals surface area contributed by atoms with Gasteiger partial charge >= 0.3 is 0 Å². The van der Waals surface area contributed by atoms with E-state index in [4.69, 9.17) is 0 Å². The molecule has 127 valence electrons. The van der Waals surface area contributed by atoms with Crippen LogP contribution in [0.3, 0.4) is 0 Å². The van der Waals surface area contributed by atoms with Crippen molar-refractivity contribution < 1.29 is 0 Å². The summed E-state index contributed by atoms with van der Waals surface area (Å²) in [6, 6.07) is 0. The molecular formula is C21H43. The van der Waals surface area contributed by atoms with Gasteiger partial charge in [0.1, 0.15) is 0 Å². The van der Waals surface area contributed by atoms with Gasteiger partial charge in [0.05, 0.1) is 0 Å². The Morgan fingerprint density at radius 2 is 1.00 bits per heavy atom. The quantitative estimate of drug-likeness (QED) is 0.238. The van der Waals surface area contributed by atoms with Gasteiger partial charge in [0, 0.05) is 0 Å². The molecule has 0 saturated heterocycles. The summed E-state index contributed by atoms with van der Waals surface area (Å²) in [6.45, 7) is 6.96.